The number of rotatable bonds is 3. The lowest BCUT2D eigenvalue weighted by atomic mass is 9.86. The molecule has 1 N–H and O–H groups in total. The van der Waals surface area contributed by atoms with Gasteiger partial charge in [-0.1, -0.05) is 39.0 Å². The SMILES string of the molecule is COc1cccc(N2C(=O)N[C@H]3CCN(C(=O)c4ccc(C(C)(C)C)cc4)[C@@H]3C2=O)c1. The van der Waals surface area contributed by atoms with E-state index in [1.165, 1.54) is 7.11 Å². The molecule has 0 spiro atoms. The molecule has 0 radical (unpaired) electrons. The molecule has 0 saturated carbocycles. The van der Waals surface area contributed by atoms with E-state index in [1.807, 2.05) is 24.3 Å². The number of benzene rings is 2. The van der Waals surface area contributed by atoms with Crippen molar-refractivity contribution in [1.82, 2.24) is 10.2 Å². The molecule has 4 amide bonds. The fourth-order valence-electron chi connectivity index (χ4n) is 4.20. The number of amides is 4. The molecule has 0 aromatic heterocycles. The lowest BCUT2D eigenvalue weighted by Gasteiger charge is -2.37. The minimum atomic E-state index is -0.737. The van der Waals surface area contributed by atoms with Crippen LogP contribution in [0.2, 0.25) is 0 Å². The highest BCUT2D eigenvalue weighted by atomic mass is 16.5. The second kappa shape index (κ2) is 7.72. The van der Waals surface area contributed by atoms with Crippen molar-refractivity contribution >= 4 is 23.5 Å². The smallest absolute Gasteiger partial charge is 0.329 e. The van der Waals surface area contributed by atoms with Gasteiger partial charge in [0.15, 0.2) is 0 Å². The van der Waals surface area contributed by atoms with Gasteiger partial charge in [-0.15, -0.1) is 0 Å². The second-order valence-corrected chi connectivity index (χ2v) is 8.99. The third-order valence-corrected chi connectivity index (χ3v) is 5.95. The van der Waals surface area contributed by atoms with Crippen molar-refractivity contribution in [3.8, 4) is 5.75 Å². The van der Waals surface area contributed by atoms with Gasteiger partial charge in [0.1, 0.15) is 11.8 Å². The maximum Gasteiger partial charge on any atom is 0.329 e. The number of ether oxygens (including phenoxy) is 1. The van der Waals surface area contributed by atoms with Crippen LogP contribution in [0.5, 0.6) is 5.75 Å². The largest absolute Gasteiger partial charge is 0.497 e. The number of anilines is 1. The molecule has 2 aromatic rings. The minimum absolute atomic E-state index is 0.0127. The van der Waals surface area contributed by atoms with Crippen LogP contribution in [0.25, 0.3) is 0 Å². The topological polar surface area (TPSA) is 79.0 Å². The molecule has 2 aliphatic heterocycles. The van der Waals surface area contributed by atoms with Gasteiger partial charge in [0.25, 0.3) is 11.8 Å². The highest BCUT2D eigenvalue weighted by Crippen LogP contribution is 2.31. The van der Waals surface area contributed by atoms with Gasteiger partial charge in [-0.3, -0.25) is 9.59 Å². The fourth-order valence-corrected chi connectivity index (χ4v) is 4.20. The summed E-state index contributed by atoms with van der Waals surface area (Å²) >= 11 is 0. The Morgan fingerprint density at radius 2 is 1.81 bits per heavy atom. The zero-order chi connectivity index (χ0) is 22.3. The molecular formula is C24H27N3O4. The van der Waals surface area contributed by atoms with Gasteiger partial charge in [-0.25, -0.2) is 9.69 Å². The molecule has 4 rings (SSSR count). The molecule has 162 valence electrons. The number of urea groups is 1. The molecule has 7 nitrogen and oxygen atoms in total. The highest BCUT2D eigenvalue weighted by Gasteiger charge is 2.50. The summed E-state index contributed by atoms with van der Waals surface area (Å²) < 4.78 is 5.22. The van der Waals surface area contributed by atoms with Crippen molar-refractivity contribution < 1.29 is 19.1 Å². The normalized spacial score (nSPS) is 21.0. The van der Waals surface area contributed by atoms with Crippen LogP contribution in [-0.2, 0) is 10.2 Å². The van der Waals surface area contributed by atoms with Gasteiger partial charge in [0, 0.05) is 18.2 Å². The molecule has 2 fully saturated rings. The first-order valence-electron chi connectivity index (χ1n) is 10.4. The Bertz CT molecular complexity index is 1030. The summed E-state index contributed by atoms with van der Waals surface area (Å²) in [5.41, 5.74) is 2.07. The van der Waals surface area contributed by atoms with Crippen LogP contribution >= 0.6 is 0 Å². The Morgan fingerprint density at radius 1 is 1.10 bits per heavy atom. The van der Waals surface area contributed by atoms with E-state index in [4.69, 9.17) is 4.74 Å². The lowest BCUT2D eigenvalue weighted by molar-refractivity contribution is -0.122. The predicted octanol–water partition coefficient (Wildman–Crippen LogP) is 3.33. The third kappa shape index (κ3) is 3.76. The van der Waals surface area contributed by atoms with E-state index >= 15 is 0 Å². The van der Waals surface area contributed by atoms with E-state index in [2.05, 4.69) is 26.1 Å². The van der Waals surface area contributed by atoms with Crippen LogP contribution in [0.3, 0.4) is 0 Å². The first-order chi connectivity index (χ1) is 14.7. The maximum atomic E-state index is 13.4. The van der Waals surface area contributed by atoms with Crippen molar-refractivity contribution in [1.29, 1.82) is 0 Å². The van der Waals surface area contributed by atoms with Crippen LogP contribution in [0, 0.1) is 0 Å². The number of nitrogens with zero attached hydrogens (tertiary/aromatic N) is 2. The number of nitrogens with one attached hydrogen (secondary N) is 1. The molecule has 31 heavy (non-hydrogen) atoms. The maximum absolute atomic E-state index is 13.4. The molecule has 2 heterocycles. The third-order valence-electron chi connectivity index (χ3n) is 5.95. The Morgan fingerprint density at radius 3 is 2.45 bits per heavy atom. The van der Waals surface area contributed by atoms with E-state index in [0.29, 0.717) is 30.0 Å². The molecule has 2 saturated heterocycles. The van der Waals surface area contributed by atoms with Crippen molar-refractivity contribution in [2.45, 2.75) is 44.7 Å². The van der Waals surface area contributed by atoms with Crippen molar-refractivity contribution in [2.75, 3.05) is 18.6 Å². The quantitative estimate of drug-likeness (QED) is 0.825. The molecule has 2 aromatic carbocycles. The fraction of sp³-hybridized carbons (Fsp3) is 0.375. The van der Waals surface area contributed by atoms with Crippen LogP contribution in [0.15, 0.2) is 48.5 Å². The van der Waals surface area contributed by atoms with E-state index < -0.39 is 18.0 Å². The average molecular weight is 421 g/mol. The van der Waals surface area contributed by atoms with E-state index in [-0.39, 0.29) is 17.4 Å². The first kappa shape index (κ1) is 20.9. The number of imide groups is 1. The summed E-state index contributed by atoms with van der Waals surface area (Å²) in [7, 11) is 1.52. The summed E-state index contributed by atoms with van der Waals surface area (Å²) in [6, 6.07) is 12.7. The summed E-state index contributed by atoms with van der Waals surface area (Å²) in [4.78, 5) is 42.0. The number of fused-ring (bicyclic) bond motifs is 1. The summed E-state index contributed by atoms with van der Waals surface area (Å²) in [5.74, 6) is -0.0688. The van der Waals surface area contributed by atoms with E-state index in [9.17, 15) is 14.4 Å². The van der Waals surface area contributed by atoms with Gasteiger partial charge in [0.2, 0.25) is 0 Å². The average Bonchev–Trinajstić information content (AvgIpc) is 3.17. The molecule has 2 atom stereocenters. The van der Waals surface area contributed by atoms with Gasteiger partial charge in [-0.2, -0.15) is 0 Å². The predicted molar refractivity (Wildman–Crippen MR) is 117 cm³/mol. The Kier molecular flexibility index (Phi) is 5.21. The van der Waals surface area contributed by atoms with Crippen LogP contribution < -0.4 is 15.0 Å². The standard InChI is InChI=1S/C24H27N3O4/c1-24(2,3)16-10-8-15(9-11-16)21(28)26-13-12-19-20(26)22(29)27(23(30)25-19)17-6-5-7-18(14-17)31-4/h5-11,14,19-20H,12-13H2,1-4H3,(H,25,30)/t19-,20-/m0/s1. The van der Waals surface area contributed by atoms with E-state index in [0.717, 1.165) is 10.5 Å². The van der Waals surface area contributed by atoms with Gasteiger partial charge >= 0.3 is 6.03 Å². The zero-order valence-corrected chi connectivity index (χ0v) is 18.2. The Hall–Kier alpha value is -3.35. The molecule has 7 heteroatoms. The monoisotopic (exact) mass is 421 g/mol. The van der Waals surface area contributed by atoms with Gasteiger partial charge in [0.05, 0.1) is 18.8 Å². The Labute approximate surface area is 182 Å². The van der Waals surface area contributed by atoms with Crippen LogP contribution in [0.4, 0.5) is 10.5 Å². The number of hydrogen-bond donors (Lipinski definition) is 1. The van der Waals surface area contributed by atoms with Crippen LogP contribution in [-0.4, -0.2) is 48.5 Å². The number of carbonyl (C=O) groups is 3. The Balaban J connectivity index is 1.61. The molecule has 0 unspecified atom stereocenters. The molecule has 2 aliphatic rings. The number of hydrogen-bond acceptors (Lipinski definition) is 4. The van der Waals surface area contributed by atoms with Crippen molar-refractivity contribution in [3.05, 3.63) is 59.7 Å². The first-order valence-corrected chi connectivity index (χ1v) is 10.4. The summed E-state index contributed by atoms with van der Waals surface area (Å²) in [5, 5.41) is 2.89. The zero-order valence-electron chi connectivity index (χ0n) is 18.2. The number of carbonyl (C=O) groups excluding carboxylic acids is 3. The highest BCUT2D eigenvalue weighted by molar-refractivity contribution is 6.19. The molecule has 0 bridgehead atoms. The second-order valence-electron chi connectivity index (χ2n) is 8.99. The lowest BCUT2D eigenvalue weighted by Crippen LogP contribution is -2.65. The van der Waals surface area contributed by atoms with E-state index in [1.54, 1.807) is 29.2 Å². The van der Waals surface area contributed by atoms with Crippen molar-refractivity contribution in [2.24, 2.45) is 0 Å². The summed E-state index contributed by atoms with van der Waals surface area (Å²) in [6.07, 6.45) is 0.542. The minimum Gasteiger partial charge on any atom is -0.497 e. The van der Waals surface area contributed by atoms with Crippen LogP contribution in [0.1, 0.15) is 43.1 Å². The summed E-state index contributed by atoms with van der Waals surface area (Å²) in [6.45, 7) is 6.76. The molecular weight excluding hydrogens is 394 g/mol. The number of likely N-dealkylation sites (tertiary alicyclic amines) is 1. The van der Waals surface area contributed by atoms with Gasteiger partial charge in [-0.05, 0) is 41.7 Å². The number of methoxy groups -OCH3 is 1. The van der Waals surface area contributed by atoms with Gasteiger partial charge < -0.3 is 15.0 Å². The van der Waals surface area contributed by atoms with Crippen molar-refractivity contribution in [3.63, 3.8) is 0 Å². The molecule has 0 aliphatic carbocycles.